The van der Waals surface area contributed by atoms with Gasteiger partial charge in [-0.15, -0.1) is 0 Å². The molecule has 0 spiro atoms. The average molecular weight is 479 g/mol. The zero-order valence-electron chi connectivity index (χ0n) is 20.9. The van der Waals surface area contributed by atoms with Gasteiger partial charge >= 0.3 is 11.9 Å². The molecule has 1 fully saturated rings. The smallest absolute Gasteiger partial charge is 0.343 e. The summed E-state index contributed by atoms with van der Waals surface area (Å²) in [4.78, 5) is 23.5. The summed E-state index contributed by atoms with van der Waals surface area (Å²) in [5.41, 5.74) is 1.82. The van der Waals surface area contributed by atoms with Crippen molar-refractivity contribution in [2.75, 3.05) is 13.2 Å². The van der Waals surface area contributed by atoms with Crippen molar-refractivity contribution in [1.29, 1.82) is 0 Å². The first-order chi connectivity index (χ1) is 17.1. The van der Waals surface area contributed by atoms with Crippen LogP contribution < -0.4 is 9.47 Å². The van der Waals surface area contributed by atoms with Crippen LogP contribution in [0, 0.1) is 5.92 Å². The third-order valence-corrected chi connectivity index (χ3v) is 6.68. The molecular formula is C30H38O5. The molecule has 0 N–H and O–H groups in total. The van der Waals surface area contributed by atoms with Crippen LogP contribution in [0.3, 0.4) is 0 Å². The van der Waals surface area contributed by atoms with Crippen molar-refractivity contribution in [2.24, 2.45) is 5.92 Å². The predicted molar refractivity (Wildman–Crippen MR) is 138 cm³/mol. The molecule has 0 radical (unpaired) electrons. The molecule has 188 valence electrons. The molecule has 0 amide bonds. The van der Waals surface area contributed by atoms with Gasteiger partial charge in [0.2, 0.25) is 0 Å². The number of hydrogen-bond acceptors (Lipinski definition) is 5. The molecule has 5 heteroatoms. The van der Waals surface area contributed by atoms with Gasteiger partial charge in [0.05, 0.1) is 18.8 Å². The van der Waals surface area contributed by atoms with Crippen molar-refractivity contribution in [2.45, 2.75) is 70.6 Å². The maximum atomic E-state index is 12.5. The number of carbonyl (C=O) groups excluding carboxylic acids is 2. The number of benzene rings is 2. The van der Waals surface area contributed by atoms with Crippen molar-refractivity contribution < 1.29 is 23.8 Å². The van der Waals surface area contributed by atoms with E-state index in [9.17, 15) is 9.59 Å². The predicted octanol–water partition coefficient (Wildman–Crippen LogP) is 7.26. The van der Waals surface area contributed by atoms with Crippen LogP contribution in [0.25, 0.3) is 0 Å². The molecular weight excluding hydrogens is 440 g/mol. The van der Waals surface area contributed by atoms with Crippen LogP contribution in [0.5, 0.6) is 11.5 Å². The third kappa shape index (κ3) is 8.89. The topological polar surface area (TPSA) is 61.8 Å². The summed E-state index contributed by atoms with van der Waals surface area (Å²) < 4.78 is 16.2. The second kappa shape index (κ2) is 14.3. The first kappa shape index (κ1) is 26.5. The quantitative estimate of drug-likeness (QED) is 0.131. The Balaban J connectivity index is 1.39. The van der Waals surface area contributed by atoms with Gasteiger partial charge in [-0.3, -0.25) is 0 Å². The molecule has 0 heterocycles. The van der Waals surface area contributed by atoms with E-state index in [0.717, 1.165) is 18.4 Å². The minimum atomic E-state index is -0.413. The summed E-state index contributed by atoms with van der Waals surface area (Å²) in [6.45, 7) is 6.47. The fraction of sp³-hybridized carbons (Fsp3) is 0.467. The molecule has 0 aromatic heterocycles. The van der Waals surface area contributed by atoms with E-state index in [4.69, 9.17) is 14.2 Å². The Morgan fingerprint density at radius 3 is 2.20 bits per heavy atom. The molecule has 0 aliphatic heterocycles. The lowest BCUT2D eigenvalue weighted by molar-refractivity contribution is -0.137. The molecule has 2 aromatic rings. The van der Waals surface area contributed by atoms with Crippen LogP contribution in [-0.4, -0.2) is 25.2 Å². The number of esters is 2. The number of ether oxygens (including phenoxy) is 3. The summed E-state index contributed by atoms with van der Waals surface area (Å²) in [5.74, 6) is 1.96. The normalized spacial score (nSPS) is 17.4. The molecule has 1 saturated carbocycles. The first-order valence-corrected chi connectivity index (χ1v) is 12.9. The molecule has 3 rings (SSSR count). The molecule has 35 heavy (non-hydrogen) atoms. The number of unbranched alkanes of at least 4 members (excludes halogenated alkanes) is 2. The molecule has 1 aliphatic carbocycles. The van der Waals surface area contributed by atoms with E-state index in [1.807, 2.05) is 12.1 Å². The zero-order chi connectivity index (χ0) is 24.9. The number of hydrogen-bond donors (Lipinski definition) is 0. The minimum Gasteiger partial charge on any atom is -0.494 e. The number of carbonyl (C=O) groups is 2. The lowest BCUT2D eigenvalue weighted by Crippen LogP contribution is -2.13. The molecule has 5 nitrogen and oxygen atoms in total. The Labute approximate surface area is 209 Å². The fourth-order valence-electron chi connectivity index (χ4n) is 4.56. The van der Waals surface area contributed by atoms with Gasteiger partial charge in [0.25, 0.3) is 0 Å². The van der Waals surface area contributed by atoms with Gasteiger partial charge < -0.3 is 14.2 Å². The summed E-state index contributed by atoms with van der Waals surface area (Å²) in [6, 6.07) is 14.9. The van der Waals surface area contributed by atoms with E-state index in [1.165, 1.54) is 50.5 Å². The van der Waals surface area contributed by atoms with Gasteiger partial charge in [0.15, 0.2) is 0 Å². The monoisotopic (exact) mass is 478 g/mol. The van der Waals surface area contributed by atoms with Crippen LogP contribution in [0.1, 0.15) is 86.6 Å². The van der Waals surface area contributed by atoms with E-state index in [0.29, 0.717) is 42.6 Å². The Bertz CT molecular complexity index is 924. The highest BCUT2D eigenvalue weighted by molar-refractivity contribution is 5.91. The highest BCUT2D eigenvalue weighted by atomic mass is 16.5. The summed E-state index contributed by atoms with van der Waals surface area (Å²) in [5, 5.41) is 0. The molecule has 0 unspecified atom stereocenters. The van der Waals surface area contributed by atoms with Gasteiger partial charge in [-0.2, -0.15) is 0 Å². The standard InChI is InChI=1S/C30H38O5/c1-3-5-8-23-9-11-24(12-10-23)25-13-19-28(20-14-25)35-30(32)26-15-17-27(18-16-26)33-21-6-7-22-34-29(31)4-2/h4,13-20,23-24H,2-3,5-12,21-22H2,1H3. The lowest BCUT2D eigenvalue weighted by atomic mass is 9.77. The molecule has 2 aromatic carbocycles. The van der Waals surface area contributed by atoms with E-state index in [-0.39, 0.29) is 5.97 Å². The summed E-state index contributed by atoms with van der Waals surface area (Å²) >= 11 is 0. The molecule has 0 atom stereocenters. The largest absolute Gasteiger partial charge is 0.494 e. The lowest BCUT2D eigenvalue weighted by Gasteiger charge is -2.28. The Kier molecular flexibility index (Phi) is 10.9. The minimum absolute atomic E-state index is 0.347. The van der Waals surface area contributed by atoms with Crippen LogP contribution in [0.2, 0.25) is 0 Å². The van der Waals surface area contributed by atoms with E-state index in [2.05, 4.69) is 25.6 Å². The fourth-order valence-corrected chi connectivity index (χ4v) is 4.56. The van der Waals surface area contributed by atoms with Gasteiger partial charge in [0, 0.05) is 6.08 Å². The highest BCUT2D eigenvalue weighted by Crippen LogP contribution is 2.38. The van der Waals surface area contributed by atoms with Gasteiger partial charge in [-0.25, -0.2) is 9.59 Å². The van der Waals surface area contributed by atoms with E-state index in [1.54, 1.807) is 24.3 Å². The molecule has 1 aliphatic rings. The number of rotatable bonds is 13. The van der Waals surface area contributed by atoms with E-state index < -0.39 is 5.97 Å². The second-order valence-electron chi connectivity index (χ2n) is 9.27. The van der Waals surface area contributed by atoms with Gasteiger partial charge in [0.1, 0.15) is 11.5 Å². The zero-order valence-corrected chi connectivity index (χ0v) is 20.9. The second-order valence-corrected chi connectivity index (χ2v) is 9.27. The summed E-state index contributed by atoms with van der Waals surface area (Å²) in [6.07, 6.45) is 11.8. The highest BCUT2D eigenvalue weighted by Gasteiger charge is 2.22. The van der Waals surface area contributed by atoms with Crippen LogP contribution in [0.15, 0.2) is 61.2 Å². The van der Waals surface area contributed by atoms with Gasteiger partial charge in [-0.05, 0) is 92.3 Å². The van der Waals surface area contributed by atoms with Crippen molar-refractivity contribution in [3.63, 3.8) is 0 Å². The Morgan fingerprint density at radius 2 is 1.54 bits per heavy atom. The van der Waals surface area contributed by atoms with Crippen LogP contribution >= 0.6 is 0 Å². The van der Waals surface area contributed by atoms with Crippen molar-refractivity contribution >= 4 is 11.9 Å². The van der Waals surface area contributed by atoms with Crippen LogP contribution in [-0.2, 0) is 9.53 Å². The molecule has 0 bridgehead atoms. The van der Waals surface area contributed by atoms with Crippen molar-refractivity contribution in [3.8, 4) is 11.5 Å². The third-order valence-electron chi connectivity index (χ3n) is 6.68. The Hall–Kier alpha value is -3.08. The van der Waals surface area contributed by atoms with Crippen molar-refractivity contribution in [3.05, 3.63) is 72.3 Å². The van der Waals surface area contributed by atoms with Crippen LogP contribution in [0.4, 0.5) is 0 Å². The first-order valence-electron chi connectivity index (χ1n) is 12.9. The average Bonchev–Trinajstić information content (AvgIpc) is 2.90. The molecule has 0 saturated heterocycles. The SMILES string of the molecule is C=CC(=O)OCCCCOc1ccc(C(=O)Oc2ccc(C3CCC(CCCC)CC3)cc2)cc1. The van der Waals surface area contributed by atoms with Crippen molar-refractivity contribution in [1.82, 2.24) is 0 Å². The van der Waals surface area contributed by atoms with E-state index >= 15 is 0 Å². The maximum Gasteiger partial charge on any atom is 0.343 e. The Morgan fingerprint density at radius 1 is 0.886 bits per heavy atom. The van der Waals surface area contributed by atoms with Gasteiger partial charge in [-0.1, -0.05) is 44.9 Å². The summed E-state index contributed by atoms with van der Waals surface area (Å²) in [7, 11) is 0. The maximum absolute atomic E-state index is 12.5.